The minimum absolute atomic E-state index is 0.136. The Labute approximate surface area is 164 Å². The molecule has 0 spiro atoms. The van der Waals surface area contributed by atoms with E-state index in [1.807, 2.05) is 49.4 Å². The van der Waals surface area contributed by atoms with Crippen LogP contribution in [0.5, 0.6) is 5.75 Å². The molecule has 0 aliphatic heterocycles. The zero-order chi connectivity index (χ0) is 20.1. The first-order chi connectivity index (χ1) is 13.4. The second-order valence-electron chi connectivity index (χ2n) is 6.71. The lowest BCUT2D eigenvalue weighted by atomic mass is 10.00. The maximum absolute atomic E-state index is 13.3. The van der Waals surface area contributed by atoms with E-state index in [-0.39, 0.29) is 12.2 Å². The van der Waals surface area contributed by atoms with Crippen LogP contribution in [0.1, 0.15) is 36.6 Å². The van der Waals surface area contributed by atoms with E-state index in [1.165, 1.54) is 6.07 Å². The van der Waals surface area contributed by atoms with Gasteiger partial charge in [-0.3, -0.25) is 4.79 Å². The highest BCUT2D eigenvalue weighted by atomic mass is 31.2. The Morgan fingerprint density at radius 3 is 2.46 bits per heavy atom. The summed E-state index contributed by atoms with van der Waals surface area (Å²) < 4.78 is 18.9. The van der Waals surface area contributed by atoms with Gasteiger partial charge in [0.1, 0.15) is 5.75 Å². The maximum atomic E-state index is 13.3. The summed E-state index contributed by atoms with van der Waals surface area (Å²) in [6, 6.07) is 19.9. The summed E-state index contributed by atoms with van der Waals surface area (Å²) in [5.74, 6) is -0.889. The Morgan fingerprint density at radius 2 is 1.71 bits per heavy atom. The van der Waals surface area contributed by atoms with E-state index in [1.54, 1.807) is 18.2 Å². The van der Waals surface area contributed by atoms with Crippen LogP contribution in [0.25, 0.3) is 10.8 Å². The van der Waals surface area contributed by atoms with Gasteiger partial charge in [-0.2, -0.15) is 0 Å². The summed E-state index contributed by atoms with van der Waals surface area (Å²) in [5.41, 5.74) is 0.431. The summed E-state index contributed by atoms with van der Waals surface area (Å²) >= 11 is 0. The Morgan fingerprint density at radius 1 is 1.04 bits per heavy atom. The van der Waals surface area contributed by atoms with Gasteiger partial charge in [0.05, 0.1) is 12.1 Å². The van der Waals surface area contributed by atoms with Crippen molar-refractivity contribution in [2.45, 2.75) is 31.8 Å². The predicted molar refractivity (Wildman–Crippen MR) is 110 cm³/mol. The fraction of sp³-hybridized carbons (Fsp3) is 0.227. The molecule has 3 aromatic carbocycles. The van der Waals surface area contributed by atoms with Gasteiger partial charge in [-0.15, -0.1) is 0 Å². The first-order valence-corrected chi connectivity index (χ1v) is 10.9. The molecule has 0 saturated heterocycles. The number of carboxylic acid groups (broad SMARTS) is 1. The summed E-state index contributed by atoms with van der Waals surface area (Å²) in [4.78, 5) is 22.0. The van der Waals surface area contributed by atoms with Crippen LogP contribution in [0.4, 0.5) is 0 Å². The van der Waals surface area contributed by atoms with E-state index in [9.17, 15) is 14.3 Å². The zero-order valence-corrected chi connectivity index (χ0v) is 16.5. The zero-order valence-electron chi connectivity index (χ0n) is 15.6. The van der Waals surface area contributed by atoms with Gasteiger partial charge < -0.3 is 14.5 Å². The highest BCUT2D eigenvalue weighted by Gasteiger charge is 2.36. The smallest absolute Gasteiger partial charge is 0.384 e. The molecule has 5 nitrogen and oxygen atoms in total. The molecule has 2 unspecified atom stereocenters. The Kier molecular flexibility index (Phi) is 6.18. The number of hydrogen-bond acceptors (Lipinski definition) is 3. The predicted octanol–water partition coefficient (Wildman–Crippen LogP) is 5.57. The number of carbonyl (C=O) groups is 1. The molecule has 3 rings (SSSR count). The quantitative estimate of drug-likeness (QED) is 0.485. The molecule has 0 bridgehead atoms. The van der Waals surface area contributed by atoms with Crippen molar-refractivity contribution in [1.29, 1.82) is 0 Å². The number of carboxylic acids is 1. The molecule has 2 atom stereocenters. The van der Waals surface area contributed by atoms with E-state index < -0.39 is 19.2 Å². The molecule has 2 N–H and O–H groups in total. The molecule has 146 valence electrons. The monoisotopic (exact) mass is 398 g/mol. The molecule has 28 heavy (non-hydrogen) atoms. The summed E-state index contributed by atoms with van der Waals surface area (Å²) in [7, 11) is -4.13. The van der Waals surface area contributed by atoms with Crippen molar-refractivity contribution in [3.05, 3.63) is 77.9 Å². The van der Waals surface area contributed by atoms with Gasteiger partial charge in [0.2, 0.25) is 0 Å². The van der Waals surface area contributed by atoms with Crippen LogP contribution in [0.3, 0.4) is 0 Å². The Balaban J connectivity index is 2.02. The van der Waals surface area contributed by atoms with Gasteiger partial charge in [-0.25, -0.2) is 4.57 Å². The van der Waals surface area contributed by atoms with Crippen LogP contribution in [-0.2, 0) is 15.8 Å². The third-order valence-corrected chi connectivity index (χ3v) is 6.46. The molecule has 0 aliphatic carbocycles. The van der Waals surface area contributed by atoms with Gasteiger partial charge in [-0.1, -0.05) is 74.0 Å². The standard InChI is InChI=1S/C22H23O5P/c1-2-8-21(19-13-7-11-16-9-3-5-12-18(16)19)28(25,26)27-20-14-6-4-10-17(20)15-22(23)24/h3-7,9-14,21H,2,8,15H2,1H3,(H,23,24)(H,25,26). The van der Waals surface area contributed by atoms with E-state index in [4.69, 9.17) is 9.63 Å². The van der Waals surface area contributed by atoms with Crippen molar-refractivity contribution in [3.8, 4) is 5.75 Å². The third-order valence-electron chi connectivity index (χ3n) is 4.68. The van der Waals surface area contributed by atoms with Crippen LogP contribution < -0.4 is 4.52 Å². The van der Waals surface area contributed by atoms with E-state index in [0.29, 0.717) is 18.4 Å². The van der Waals surface area contributed by atoms with Crippen LogP contribution in [0.15, 0.2) is 66.7 Å². The fourth-order valence-corrected chi connectivity index (χ4v) is 5.16. The van der Waals surface area contributed by atoms with Gasteiger partial charge >= 0.3 is 13.6 Å². The number of aliphatic carboxylic acids is 1. The lowest BCUT2D eigenvalue weighted by Gasteiger charge is -2.25. The highest BCUT2D eigenvalue weighted by Crippen LogP contribution is 2.59. The Hall–Kier alpha value is -2.62. The second kappa shape index (κ2) is 8.59. The topological polar surface area (TPSA) is 83.8 Å². The molecule has 0 aliphatic rings. The average molecular weight is 398 g/mol. The van der Waals surface area contributed by atoms with E-state index in [0.717, 1.165) is 16.3 Å². The van der Waals surface area contributed by atoms with Crippen molar-refractivity contribution in [2.75, 3.05) is 0 Å². The molecule has 0 heterocycles. The van der Waals surface area contributed by atoms with Crippen LogP contribution in [0.2, 0.25) is 0 Å². The maximum Gasteiger partial charge on any atom is 0.384 e. The van der Waals surface area contributed by atoms with Crippen molar-refractivity contribution in [3.63, 3.8) is 0 Å². The SMILES string of the molecule is CCCC(c1cccc2ccccc12)P(=O)(O)Oc1ccccc1CC(=O)O. The summed E-state index contributed by atoms with van der Waals surface area (Å²) in [6.07, 6.45) is 0.907. The number of hydrogen-bond donors (Lipinski definition) is 2. The van der Waals surface area contributed by atoms with Crippen LogP contribution >= 0.6 is 7.60 Å². The second-order valence-corrected chi connectivity index (χ2v) is 8.64. The molecule has 3 aromatic rings. The minimum atomic E-state index is -4.13. The van der Waals surface area contributed by atoms with Crippen LogP contribution in [0, 0.1) is 0 Å². The molecule has 0 aromatic heterocycles. The number of benzene rings is 3. The molecule has 0 saturated carbocycles. The number of fused-ring (bicyclic) bond motifs is 1. The molecule has 0 amide bonds. The third kappa shape index (κ3) is 4.44. The molecular weight excluding hydrogens is 375 g/mol. The molecule has 0 radical (unpaired) electrons. The average Bonchev–Trinajstić information content (AvgIpc) is 2.66. The van der Waals surface area contributed by atoms with E-state index in [2.05, 4.69) is 0 Å². The number of para-hydroxylation sites is 1. The first-order valence-electron chi connectivity index (χ1n) is 9.22. The summed E-state index contributed by atoms with van der Waals surface area (Å²) in [6.45, 7) is 1.95. The normalized spacial score (nSPS) is 14.4. The van der Waals surface area contributed by atoms with Gasteiger partial charge in [-0.05, 0) is 28.8 Å². The highest BCUT2D eigenvalue weighted by molar-refractivity contribution is 7.53. The van der Waals surface area contributed by atoms with Crippen molar-refractivity contribution >= 4 is 24.3 Å². The van der Waals surface area contributed by atoms with E-state index >= 15 is 0 Å². The Bertz CT molecular complexity index is 1020. The van der Waals surface area contributed by atoms with Gasteiger partial charge in [0.15, 0.2) is 0 Å². The lowest BCUT2D eigenvalue weighted by Crippen LogP contribution is -2.08. The minimum Gasteiger partial charge on any atom is -0.481 e. The molecular formula is C22H23O5P. The van der Waals surface area contributed by atoms with Crippen molar-refractivity contribution in [1.82, 2.24) is 0 Å². The fourth-order valence-electron chi connectivity index (χ4n) is 3.42. The molecule has 6 heteroatoms. The summed E-state index contributed by atoms with van der Waals surface area (Å²) in [5, 5.41) is 11.0. The first kappa shape index (κ1) is 20.1. The van der Waals surface area contributed by atoms with Gasteiger partial charge in [0.25, 0.3) is 0 Å². The van der Waals surface area contributed by atoms with Crippen LogP contribution in [-0.4, -0.2) is 16.0 Å². The van der Waals surface area contributed by atoms with Gasteiger partial charge in [0, 0.05) is 5.56 Å². The molecule has 0 fully saturated rings. The van der Waals surface area contributed by atoms with Crippen molar-refractivity contribution in [2.24, 2.45) is 0 Å². The largest absolute Gasteiger partial charge is 0.481 e. The number of rotatable bonds is 8. The van der Waals surface area contributed by atoms with Crippen molar-refractivity contribution < 1.29 is 23.9 Å². The lowest BCUT2D eigenvalue weighted by molar-refractivity contribution is -0.136.